The fraction of sp³-hybridized carbons (Fsp3) is 0.615. The molecule has 1 aromatic rings. The van der Waals surface area contributed by atoms with Gasteiger partial charge in [-0.05, 0) is 48.8 Å². The largest absolute Gasteiger partial charge is 0.434 e. The van der Waals surface area contributed by atoms with E-state index in [-0.39, 0.29) is 24.8 Å². The number of likely N-dealkylation sites (tertiary alicyclic amines) is 2. The van der Waals surface area contributed by atoms with Gasteiger partial charge >= 0.3 is 6.09 Å². The van der Waals surface area contributed by atoms with E-state index in [2.05, 4.69) is 40.2 Å². The van der Waals surface area contributed by atoms with Gasteiger partial charge in [0.15, 0.2) is 0 Å². The smallest absolute Gasteiger partial charge is 0.371 e. The van der Waals surface area contributed by atoms with Crippen molar-refractivity contribution in [3.8, 4) is 0 Å². The highest BCUT2D eigenvalue weighted by atomic mass is 16.7. The number of amides is 4. The topological polar surface area (TPSA) is 102 Å². The number of anilines is 1. The van der Waals surface area contributed by atoms with Crippen molar-refractivity contribution in [3.05, 3.63) is 29.3 Å². The molecule has 4 amide bonds. The summed E-state index contributed by atoms with van der Waals surface area (Å²) >= 11 is 0. The van der Waals surface area contributed by atoms with Gasteiger partial charge in [0.2, 0.25) is 5.91 Å². The molecule has 4 fully saturated rings. The van der Waals surface area contributed by atoms with Gasteiger partial charge in [-0.15, -0.1) is 5.06 Å². The Balaban J connectivity index is 1.14. The Hall–Kier alpha value is -3.14. The number of benzene rings is 1. The van der Waals surface area contributed by atoms with Gasteiger partial charge in [0.25, 0.3) is 11.8 Å². The number of carbonyl (C=O) groups is 4. The van der Waals surface area contributed by atoms with Gasteiger partial charge in [-0.1, -0.05) is 12.1 Å². The molecule has 194 valence electrons. The van der Waals surface area contributed by atoms with Crippen LogP contribution in [0.4, 0.5) is 10.5 Å². The van der Waals surface area contributed by atoms with Crippen molar-refractivity contribution >= 4 is 29.5 Å². The Morgan fingerprint density at radius 3 is 2.25 bits per heavy atom. The number of imide groups is 1. The number of hydrogen-bond acceptors (Lipinski definition) is 7. The molecular weight excluding hydrogens is 462 g/mol. The Morgan fingerprint density at radius 1 is 1.00 bits per heavy atom. The maximum absolute atomic E-state index is 12.5. The number of nitrogens with one attached hydrogen (secondary N) is 1. The van der Waals surface area contributed by atoms with Crippen molar-refractivity contribution in [2.75, 3.05) is 44.2 Å². The molecular formula is C26H35N5O5. The third-order valence-corrected chi connectivity index (χ3v) is 8.05. The van der Waals surface area contributed by atoms with Crippen LogP contribution >= 0.6 is 0 Å². The number of hydrogen-bond donors (Lipinski definition) is 1. The van der Waals surface area contributed by atoms with Crippen molar-refractivity contribution in [1.82, 2.24) is 20.2 Å². The summed E-state index contributed by atoms with van der Waals surface area (Å²) in [5, 5.41) is 3.67. The highest BCUT2D eigenvalue weighted by Crippen LogP contribution is 2.34. The average molecular weight is 498 g/mol. The summed E-state index contributed by atoms with van der Waals surface area (Å²) in [6, 6.07) is 6.78. The first-order valence-electron chi connectivity index (χ1n) is 12.9. The van der Waals surface area contributed by atoms with Gasteiger partial charge < -0.3 is 20.0 Å². The molecule has 10 heteroatoms. The summed E-state index contributed by atoms with van der Waals surface area (Å²) in [5.41, 5.74) is 3.89. The number of rotatable bonds is 5. The number of nitrogens with zero attached hydrogens (tertiary/aromatic N) is 4. The van der Waals surface area contributed by atoms with E-state index in [1.54, 1.807) is 11.8 Å². The SMILES string of the molecule is CC(=O)NC1CCN(c2cccc(CN3CC4CN(C(=O)ON5C(=O)CCC5=O)CC4C3)c2C)CC1. The maximum atomic E-state index is 12.5. The zero-order valence-corrected chi connectivity index (χ0v) is 21.1. The third kappa shape index (κ3) is 5.04. The van der Waals surface area contributed by atoms with Gasteiger partial charge in [-0.25, -0.2) is 4.79 Å². The molecule has 0 radical (unpaired) electrons. The van der Waals surface area contributed by atoms with Gasteiger partial charge in [-0.3, -0.25) is 19.3 Å². The number of hydroxylamine groups is 2. The minimum absolute atomic E-state index is 0.0406. The Bertz CT molecular complexity index is 1020. The number of fused-ring (bicyclic) bond motifs is 1. The monoisotopic (exact) mass is 497 g/mol. The highest BCUT2D eigenvalue weighted by Gasteiger charge is 2.43. The van der Waals surface area contributed by atoms with Crippen LogP contribution in [0.15, 0.2) is 18.2 Å². The van der Waals surface area contributed by atoms with Crippen molar-refractivity contribution < 1.29 is 24.0 Å². The van der Waals surface area contributed by atoms with Crippen LogP contribution in [0.3, 0.4) is 0 Å². The van der Waals surface area contributed by atoms with Crippen molar-refractivity contribution in [1.29, 1.82) is 0 Å². The van der Waals surface area contributed by atoms with Gasteiger partial charge in [0, 0.05) is 77.3 Å². The summed E-state index contributed by atoms with van der Waals surface area (Å²) in [7, 11) is 0. The Labute approximate surface area is 211 Å². The maximum Gasteiger partial charge on any atom is 0.434 e. The first kappa shape index (κ1) is 24.5. The van der Waals surface area contributed by atoms with E-state index in [0.29, 0.717) is 30.0 Å². The molecule has 0 aliphatic carbocycles. The molecule has 4 aliphatic heterocycles. The standard InChI is InChI=1S/C26H35N5O5/c1-17-19(4-3-5-23(17)29-10-8-22(9-11-29)27-18(2)32)12-28-13-20-15-30(16-21(20)14-28)26(35)36-31-24(33)6-7-25(31)34/h3-5,20-22H,6-16H2,1-2H3,(H,27,32). The lowest BCUT2D eigenvalue weighted by molar-refractivity contribution is -0.173. The first-order valence-corrected chi connectivity index (χ1v) is 12.9. The van der Waals surface area contributed by atoms with Crippen LogP contribution in [0, 0.1) is 18.8 Å². The second kappa shape index (κ2) is 10.1. The van der Waals surface area contributed by atoms with Crippen LogP contribution in [0.5, 0.6) is 0 Å². The fourth-order valence-electron chi connectivity index (χ4n) is 6.14. The van der Waals surface area contributed by atoms with Crippen LogP contribution in [-0.2, 0) is 25.8 Å². The zero-order valence-electron chi connectivity index (χ0n) is 21.1. The molecule has 10 nitrogen and oxygen atoms in total. The summed E-state index contributed by atoms with van der Waals surface area (Å²) in [6.45, 7) is 9.49. The third-order valence-electron chi connectivity index (χ3n) is 8.05. The first-order chi connectivity index (χ1) is 17.3. The predicted molar refractivity (Wildman–Crippen MR) is 132 cm³/mol. The van der Waals surface area contributed by atoms with Crippen LogP contribution in [0.25, 0.3) is 0 Å². The van der Waals surface area contributed by atoms with Gasteiger partial charge in [-0.2, -0.15) is 0 Å². The van der Waals surface area contributed by atoms with E-state index in [0.717, 1.165) is 45.6 Å². The molecule has 4 saturated heterocycles. The molecule has 2 atom stereocenters. The van der Waals surface area contributed by atoms with E-state index in [9.17, 15) is 19.2 Å². The van der Waals surface area contributed by atoms with E-state index in [4.69, 9.17) is 4.84 Å². The summed E-state index contributed by atoms with van der Waals surface area (Å²) in [4.78, 5) is 59.0. The second-order valence-electron chi connectivity index (χ2n) is 10.6. The lowest BCUT2D eigenvalue weighted by Gasteiger charge is -2.35. The van der Waals surface area contributed by atoms with Crippen LogP contribution in [0.2, 0.25) is 0 Å². The normalized spacial score (nSPS) is 25.0. The molecule has 2 unspecified atom stereocenters. The Kier molecular flexibility index (Phi) is 6.87. The zero-order chi connectivity index (χ0) is 25.4. The summed E-state index contributed by atoms with van der Waals surface area (Å²) in [5.74, 6) is -0.140. The van der Waals surface area contributed by atoms with Crippen molar-refractivity contribution in [2.24, 2.45) is 11.8 Å². The van der Waals surface area contributed by atoms with Gasteiger partial charge in [0.05, 0.1) is 0 Å². The van der Waals surface area contributed by atoms with Crippen molar-refractivity contribution in [3.63, 3.8) is 0 Å². The molecule has 36 heavy (non-hydrogen) atoms. The highest BCUT2D eigenvalue weighted by molar-refractivity contribution is 6.01. The molecule has 5 rings (SSSR count). The molecule has 0 bridgehead atoms. The minimum atomic E-state index is -0.606. The summed E-state index contributed by atoms with van der Waals surface area (Å²) < 4.78 is 0. The molecule has 1 N–H and O–H groups in total. The van der Waals surface area contributed by atoms with Gasteiger partial charge in [0.1, 0.15) is 0 Å². The van der Waals surface area contributed by atoms with Crippen LogP contribution < -0.4 is 10.2 Å². The van der Waals surface area contributed by atoms with Crippen LogP contribution in [0.1, 0.15) is 43.7 Å². The predicted octanol–water partition coefficient (Wildman–Crippen LogP) is 1.66. The summed E-state index contributed by atoms with van der Waals surface area (Å²) in [6.07, 6.45) is 1.51. The Morgan fingerprint density at radius 2 is 1.64 bits per heavy atom. The number of piperidine rings is 1. The molecule has 4 aliphatic rings. The quantitative estimate of drug-likeness (QED) is 0.618. The van der Waals surface area contributed by atoms with Crippen molar-refractivity contribution in [2.45, 2.75) is 52.1 Å². The number of carbonyl (C=O) groups excluding carboxylic acids is 4. The molecule has 4 heterocycles. The van der Waals surface area contributed by atoms with E-state index in [1.165, 1.54) is 16.8 Å². The van der Waals surface area contributed by atoms with E-state index < -0.39 is 17.9 Å². The lowest BCUT2D eigenvalue weighted by Crippen LogP contribution is -2.44. The fourth-order valence-corrected chi connectivity index (χ4v) is 6.14. The molecule has 1 aromatic carbocycles. The van der Waals surface area contributed by atoms with E-state index in [1.807, 2.05) is 0 Å². The molecule has 0 saturated carbocycles. The minimum Gasteiger partial charge on any atom is -0.371 e. The second-order valence-corrected chi connectivity index (χ2v) is 10.6. The van der Waals surface area contributed by atoms with Crippen LogP contribution in [-0.4, -0.2) is 84.0 Å². The molecule has 0 spiro atoms. The lowest BCUT2D eigenvalue weighted by atomic mass is 10.0. The molecule has 0 aromatic heterocycles. The van der Waals surface area contributed by atoms with E-state index >= 15 is 0 Å². The average Bonchev–Trinajstić information content (AvgIpc) is 3.50.